The van der Waals surface area contributed by atoms with Crippen LogP contribution in [0.25, 0.3) is 0 Å². The lowest BCUT2D eigenvalue weighted by Crippen LogP contribution is -2.32. The minimum atomic E-state index is 0.251. The summed E-state index contributed by atoms with van der Waals surface area (Å²) in [5.41, 5.74) is 1.47. The van der Waals surface area contributed by atoms with Crippen LogP contribution in [0.2, 0.25) is 0 Å². The van der Waals surface area contributed by atoms with Crippen LogP contribution < -0.4 is 10.1 Å². The van der Waals surface area contributed by atoms with Gasteiger partial charge in [0.1, 0.15) is 5.75 Å². The van der Waals surface area contributed by atoms with Gasteiger partial charge in [0.15, 0.2) is 0 Å². The first-order valence-corrected chi connectivity index (χ1v) is 6.62. The number of hydrogen-bond donors (Lipinski definition) is 1. The predicted octanol–water partition coefficient (Wildman–Crippen LogP) is 3.19. The quantitative estimate of drug-likeness (QED) is 0.843. The summed E-state index contributed by atoms with van der Waals surface area (Å²) in [6, 6.07) is 8.66. The molecule has 0 spiro atoms. The van der Waals surface area contributed by atoms with E-state index >= 15 is 0 Å². The second kappa shape index (κ2) is 5.54. The van der Waals surface area contributed by atoms with E-state index in [1.807, 2.05) is 7.05 Å². The van der Waals surface area contributed by atoms with Crippen molar-refractivity contribution in [2.24, 2.45) is 5.92 Å². The van der Waals surface area contributed by atoms with Gasteiger partial charge in [-0.25, -0.2) is 0 Å². The van der Waals surface area contributed by atoms with Crippen LogP contribution in [0.1, 0.15) is 38.2 Å². The number of hydrogen-bond acceptors (Lipinski definition) is 2. The summed E-state index contributed by atoms with van der Waals surface area (Å²) in [5, 5.41) is 3.28. The Morgan fingerprint density at radius 1 is 1.24 bits per heavy atom. The lowest BCUT2D eigenvalue weighted by molar-refractivity contribution is 0.240. The molecular weight excluding hydrogens is 210 g/mol. The SMILES string of the molecule is CNCC1CCC1c1ccc(OC(C)C)cc1. The first-order chi connectivity index (χ1) is 8.20. The van der Waals surface area contributed by atoms with Gasteiger partial charge < -0.3 is 10.1 Å². The third kappa shape index (κ3) is 3.01. The highest BCUT2D eigenvalue weighted by Gasteiger charge is 2.31. The van der Waals surface area contributed by atoms with Crippen LogP contribution in [0, 0.1) is 5.92 Å². The summed E-state index contributed by atoms with van der Waals surface area (Å²) in [5.74, 6) is 2.54. The van der Waals surface area contributed by atoms with Crippen LogP contribution in [0.4, 0.5) is 0 Å². The molecule has 2 rings (SSSR count). The van der Waals surface area contributed by atoms with E-state index in [0.717, 1.165) is 24.1 Å². The van der Waals surface area contributed by atoms with Crippen LogP contribution in [0.15, 0.2) is 24.3 Å². The van der Waals surface area contributed by atoms with Gasteiger partial charge in [0.2, 0.25) is 0 Å². The Hall–Kier alpha value is -1.02. The molecule has 0 aliphatic heterocycles. The molecule has 94 valence electrons. The Bertz CT molecular complexity index is 344. The average Bonchev–Trinajstić information content (AvgIpc) is 2.26. The topological polar surface area (TPSA) is 21.3 Å². The molecule has 17 heavy (non-hydrogen) atoms. The Morgan fingerprint density at radius 3 is 2.41 bits per heavy atom. The average molecular weight is 233 g/mol. The number of ether oxygens (including phenoxy) is 1. The smallest absolute Gasteiger partial charge is 0.119 e. The van der Waals surface area contributed by atoms with Gasteiger partial charge in [-0.3, -0.25) is 0 Å². The summed E-state index contributed by atoms with van der Waals surface area (Å²) >= 11 is 0. The van der Waals surface area contributed by atoms with Crippen LogP contribution in [0.3, 0.4) is 0 Å². The molecule has 1 saturated carbocycles. The molecule has 2 unspecified atom stereocenters. The Labute approximate surface area is 104 Å². The normalized spacial score (nSPS) is 23.5. The maximum Gasteiger partial charge on any atom is 0.119 e. The van der Waals surface area contributed by atoms with Gasteiger partial charge in [-0.1, -0.05) is 12.1 Å². The summed E-state index contributed by atoms with van der Waals surface area (Å²) in [6.07, 6.45) is 2.94. The lowest BCUT2D eigenvalue weighted by Gasteiger charge is -2.37. The number of nitrogens with one attached hydrogen (secondary N) is 1. The molecule has 0 bridgehead atoms. The zero-order valence-corrected chi connectivity index (χ0v) is 11.1. The van der Waals surface area contributed by atoms with E-state index in [4.69, 9.17) is 4.74 Å². The number of benzene rings is 1. The third-order valence-corrected chi connectivity index (χ3v) is 3.56. The van der Waals surface area contributed by atoms with Gasteiger partial charge in [-0.2, -0.15) is 0 Å². The number of rotatable bonds is 5. The molecule has 1 aromatic rings. The van der Waals surface area contributed by atoms with Crippen LogP contribution >= 0.6 is 0 Å². The van der Waals surface area contributed by atoms with E-state index in [0.29, 0.717) is 0 Å². The molecule has 0 heterocycles. The molecule has 0 radical (unpaired) electrons. The van der Waals surface area contributed by atoms with Gasteiger partial charge in [0, 0.05) is 0 Å². The molecule has 1 fully saturated rings. The minimum absolute atomic E-state index is 0.251. The van der Waals surface area contributed by atoms with Gasteiger partial charge in [-0.15, -0.1) is 0 Å². The fourth-order valence-corrected chi connectivity index (χ4v) is 2.58. The zero-order valence-electron chi connectivity index (χ0n) is 11.1. The molecule has 1 aliphatic rings. The highest BCUT2D eigenvalue weighted by Crippen LogP contribution is 2.42. The molecule has 0 amide bonds. The molecule has 2 atom stereocenters. The summed E-state index contributed by atoms with van der Waals surface area (Å²) in [6.45, 7) is 5.25. The van der Waals surface area contributed by atoms with Crippen molar-refractivity contribution < 1.29 is 4.74 Å². The van der Waals surface area contributed by atoms with Gasteiger partial charge in [-0.05, 0) is 69.8 Å². The van der Waals surface area contributed by atoms with Gasteiger partial charge in [0.05, 0.1) is 6.10 Å². The molecule has 1 aromatic carbocycles. The predicted molar refractivity (Wildman–Crippen MR) is 71.6 cm³/mol. The lowest BCUT2D eigenvalue weighted by atomic mass is 9.70. The highest BCUT2D eigenvalue weighted by molar-refractivity contribution is 5.31. The fraction of sp³-hybridized carbons (Fsp3) is 0.600. The maximum absolute atomic E-state index is 5.66. The van der Waals surface area contributed by atoms with E-state index in [9.17, 15) is 0 Å². The van der Waals surface area contributed by atoms with Crippen molar-refractivity contribution in [3.63, 3.8) is 0 Å². The zero-order chi connectivity index (χ0) is 12.3. The Morgan fingerprint density at radius 2 is 1.94 bits per heavy atom. The van der Waals surface area contributed by atoms with Crippen LogP contribution in [-0.2, 0) is 0 Å². The first kappa shape index (κ1) is 12.4. The van der Waals surface area contributed by atoms with Crippen molar-refractivity contribution in [3.8, 4) is 5.75 Å². The molecule has 1 aliphatic carbocycles. The van der Waals surface area contributed by atoms with Crippen molar-refractivity contribution in [1.82, 2.24) is 5.32 Å². The van der Waals surface area contributed by atoms with Crippen LogP contribution in [0.5, 0.6) is 5.75 Å². The maximum atomic E-state index is 5.66. The summed E-state index contributed by atoms with van der Waals surface area (Å²) in [7, 11) is 2.04. The van der Waals surface area contributed by atoms with E-state index in [-0.39, 0.29) is 6.10 Å². The second-order valence-corrected chi connectivity index (χ2v) is 5.24. The summed E-state index contributed by atoms with van der Waals surface area (Å²) in [4.78, 5) is 0. The first-order valence-electron chi connectivity index (χ1n) is 6.62. The van der Waals surface area contributed by atoms with Gasteiger partial charge >= 0.3 is 0 Å². The van der Waals surface area contributed by atoms with Crippen LogP contribution in [-0.4, -0.2) is 19.7 Å². The minimum Gasteiger partial charge on any atom is -0.491 e. The Kier molecular flexibility index (Phi) is 4.06. The summed E-state index contributed by atoms with van der Waals surface area (Å²) < 4.78 is 5.66. The molecule has 2 heteroatoms. The van der Waals surface area contributed by atoms with Crippen molar-refractivity contribution in [3.05, 3.63) is 29.8 Å². The molecule has 0 aromatic heterocycles. The Balaban J connectivity index is 1.98. The highest BCUT2D eigenvalue weighted by atomic mass is 16.5. The standard InChI is InChI=1S/C15H23NO/c1-11(2)17-14-7-4-12(5-8-14)15-9-6-13(15)10-16-3/h4-5,7-8,11,13,15-16H,6,9-10H2,1-3H3. The van der Waals surface area contributed by atoms with E-state index < -0.39 is 0 Å². The van der Waals surface area contributed by atoms with Gasteiger partial charge in [0.25, 0.3) is 0 Å². The third-order valence-electron chi connectivity index (χ3n) is 3.56. The van der Waals surface area contributed by atoms with Crippen molar-refractivity contribution in [2.75, 3.05) is 13.6 Å². The monoisotopic (exact) mass is 233 g/mol. The molecule has 0 saturated heterocycles. The van der Waals surface area contributed by atoms with Crippen molar-refractivity contribution in [1.29, 1.82) is 0 Å². The molecule has 1 N–H and O–H groups in total. The molecular formula is C15H23NO. The largest absolute Gasteiger partial charge is 0.491 e. The van der Waals surface area contributed by atoms with E-state index in [1.165, 1.54) is 18.4 Å². The second-order valence-electron chi connectivity index (χ2n) is 5.24. The van der Waals surface area contributed by atoms with Crippen molar-refractivity contribution in [2.45, 2.75) is 38.7 Å². The van der Waals surface area contributed by atoms with Crippen molar-refractivity contribution >= 4 is 0 Å². The van der Waals surface area contributed by atoms with E-state index in [2.05, 4.69) is 43.4 Å². The van der Waals surface area contributed by atoms with E-state index in [1.54, 1.807) is 0 Å². The fourth-order valence-electron chi connectivity index (χ4n) is 2.58. The molecule has 2 nitrogen and oxygen atoms in total.